The Morgan fingerprint density at radius 1 is 1.11 bits per heavy atom. The molecule has 0 saturated carbocycles. The Labute approximate surface area is 117 Å². The Kier molecular flexibility index (Phi) is 4.97. The Balaban J connectivity index is 2.16. The molecule has 3 heteroatoms. The molecule has 1 aliphatic heterocycles. The summed E-state index contributed by atoms with van der Waals surface area (Å²) in [6, 6.07) is 9.99. The van der Waals surface area contributed by atoms with E-state index in [1.54, 1.807) is 0 Å². The quantitative estimate of drug-likeness (QED) is 0.893. The molecule has 1 heterocycles. The zero-order valence-corrected chi connectivity index (χ0v) is 12.7. The van der Waals surface area contributed by atoms with Crippen LogP contribution in [0.25, 0.3) is 0 Å². The number of hydrogen-bond donors (Lipinski definition) is 1. The van der Waals surface area contributed by atoms with E-state index in [0.29, 0.717) is 12.1 Å². The van der Waals surface area contributed by atoms with Crippen LogP contribution in [0.1, 0.15) is 24.1 Å². The SMILES string of the molecule is Cc1ccc(C(C(C)N2CCNCC2)N(C)C)cc1. The van der Waals surface area contributed by atoms with Crippen molar-refractivity contribution in [1.29, 1.82) is 0 Å². The second-order valence-corrected chi connectivity index (χ2v) is 5.85. The molecule has 1 N–H and O–H groups in total. The molecule has 1 aromatic carbocycles. The predicted octanol–water partition coefficient (Wildman–Crippen LogP) is 1.89. The van der Waals surface area contributed by atoms with Crippen molar-refractivity contribution in [3.05, 3.63) is 35.4 Å². The van der Waals surface area contributed by atoms with Crippen molar-refractivity contribution >= 4 is 0 Å². The molecule has 0 aromatic heterocycles. The maximum Gasteiger partial charge on any atom is 0.0495 e. The van der Waals surface area contributed by atoms with Crippen molar-refractivity contribution in [2.45, 2.75) is 25.9 Å². The first kappa shape index (κ1) is 14.5. The van der Waals surface area contributed by atoms with Gasteiger partial charge in [0.1, 0.15) is 0 Å². The van der Waals surface area contributed by atoms with Gasteiger partial charge in [-0.3, -0.25) is 4.90 Å². The summed E-state index contributed by atoms with van der Waals surface area (Å²) in [5.74, 6) is 0. The van der Waals surface area contributed by atoms with Crippen molar-refractivity contribution in [1.82, 2.24) is 15.1 Å². The largest absolute Gasteiger partial charge is 0.314 e. The van der Waals surface area contributed by atoms with Crippen LogP contribution in [0.5, 0.6) is 0 Å². The van der Waals surface area contributed by atoms with Crippen molar-refractivity contribution in [3.8, 4) is 0 Å². The summed E-state index contributed by atoms with van der Waals surface area (Å²) in [6.45, 7) is 9.02. The van der Waals surface area contributed by atoms with Gasteiger partial charge in [0.2, 0.25) is 0 Å². The van der Waals surface area contributed by atoms with Crippen LogP contribution in [0, 0.1) is 6.92 Å². The lowest BCUT2D eigenvalue weighted by atomic mass is 9.97. The van der Waals surface area contributed by atoms with E-state index in [1.807, 2.05) is 0 Å². The number of rotatable bonds is 4. The van der Waals surface area contributed by atoms with Crippen LogP contribution in [0.15, 0.2) is 24.3 Å². The average molecular weight is 261 g/mol. The van der Waals surface area contributed by atoms with E-state index < -0.39 is 0 Å². The minimum atomic E-state index is 0.457. The lowest BCUT2D eigenvalue weighted by Crippen LogP contribution is -2.51. The van der Waals surface area contributed by atoms with E-state index in [9.17, 15) is 0 Å². The minimum absolute atomic E-state index is 0.457. The molecule has 2 rings (SSSR count). The van der Waals surface area contributed by atoms with Gasteiger partial charge in [0.05, 0.1) is 0 Å². The lowest BCUT2D eigenvalue weighted by Gasteiger charge is -2.40. The number of piperazine rings is 1. The third-order valence-electron chi connectivity index (χ3n) is 4.16. The molecule has 19 heavy (non-hydrogen) atoms. The van der Waals surface area contributed by atoms with Gasteiger partial charge in [-0.05, 0) is 33.5 Å². The molecule has 106 valence electrons. The molecule has 0 amide bonds. The van der Waals surface area contributed by atoms with Gasteiger partial charge in [-0.25, -0.2) is 0 Å². The summed E-state index contributed by atoms with van der Waals surface area (Å²) in [4.78, 5) is 4.94. The van der Waals surface area contributed by atoms with Crippen molar-refractivity contribution < 1.29 is 0 Å². The Morgan fingerprint density at radius 3 is 2.21 bits per heavy atom. The van der Waals surface area contributed by atoms with Gasteiger partial charge in [0.15, 0.2) is 0 Å². The van der Waals surface area contributed by atoms with Crippen LogP contribution < -0.4 is 5.32 Å². The van der Waals surface area contributed by atoms with Crippen LogP contribution in [0.2, 0.25) is 0 Å². The first-order valence-corrected chi connectivity index (χ1v) is 7.27. The standard InChI is InChI=1S/C16H27N3/c1-13-5-7-15(8-6-13)16(18(3)4)14(2)19-11-9-17-10-12-19/h5-8,14,16-17H,9-12H2,1-4H3. The number of benzene rings is 1. The summed E-state index contributed by atoms with van der Waals surface area (Å²) >= 11 is 0. The second kappa shape index (κ2) is 6.51. The van der Waals surface area contributed by atoms with Crippen LogP contribution in [0.3, 0.4) is 0 Å². The zero-order valence-electron chi connectivity index (χ0n) is 12.7. The molecular weight excluding hydrogens is 234 g/mol. The molecular formula is C16H27N3. The molecule has 1 aromatic rings. The summed E-state index contributed by atoms with van der Waals surface area (Å²) < 4.78 is 0. The molecule has 0 radical (unpaired) electrons. The minimum Gasteiger partial charge on any atom is -0.314 e. The molecule has 1 fully saturated rings. The topological polar surface area (TPSA) is 18.5 Å². The summed E-state index contributed by atoms with van der Waals surface area (Å²) in [5, 5.41) is 3.43. The van der Waals surface area contributed by atoms with Crippen molar-refractivity contribution in [2.75, 3.05) is 40.3 Å². The molecule has 1 aliphatic rings. The first-order valence-electron chi connectivity index (χ1n) is 7.27. The predicted molar refractivity (Wildman–Crippen MR) is 81.5 cm³/mol. The third-order valence-corrected chi connectivity index (χ3v) is 4.16. The first-order chi connectivity index (χ1) is 9.09. The number of nitrogens with zero attached hydrogens (tertiary/aromatic N) is 2. The number of aryl methyl sites for hydroxylation is 1. The highest BCUT2D eigenvalue weighted by molar-refractivity contribution is 5.25. The fourth-order valence-electron chi connectivity index (χ4n) is 3.06. The van der Waals surface area contributed by atoms with Crippen LogP contribution in [0.4, 0.5) is 0 Å². The van der Waals surface area contributed by atoms with Crippen molar-refractivity contribution in [3.63, 3.8) is 0 Å². The number of likely N-dealkylation sites (N-methyl/N-ethyl adjacent to an activating group) is 1. The molecule has 0 bridgehead atoms. The van der Waals surface area contributed by atoms with E-state index in [0.717, 1.165) is 26.2 Å². The van der Waals surface area contributed by atoms with E-state index in [-0.39, 0.29) is 0 Å². The maximum atomic E-state index is 3.43. The number of nitrogens with one attached hydrogen (secondary N) is 1. The lowest BCUT2D eigenvalue weighted by molar-refractivity contribution is 0.106. The van der Waals surface area contributed by atoms with Gasteiger partial charge in [0.25, 0.3) is 0 Å². The average Bonchev–Trinajstić information content (AvgIpc) is 2.42. The Morgan fingerprint density at radius 2 is 1.68 bits per heavy atom. The highest BCUT2D eigenvalue weighted by Crippen LogP contribution is 2.26. The summed E-state index contributed by atoms with van der Waals surface area (Å²) in [5.41, 5.74) is 2.75. The Bertz CT molecular complexity index is 379. The van der Waals surface area contributed by atoms with Gasteiger partial charge in [-0.1, -0.05) is 29.8 Å². The normalized spacial score (nSPS) is 20.5. The van der Waals surface area contributed by atoms with E-state index >= 15 is 0 Å². The monoisotopic (exact) mass is 261 g/mol. The number of hydrogen-bond acceptors (Lipinski definition) is 3. The molecule has 3 nitrogen and oxygen atoms in total. The van der Waals surface area contributed by atoms with Gasteiger partial charge < -0.3 is 10.2 Å². The van der Waals surface area contributed by atoms with Gasteiger partial charge in [-0.15, -0.1) is 0 Å². The maximum absolute atomic E-state index is 3.43. The second-order valence-electron chi connectivity index (χ2n) is 5.85. The molecule has 1 saturated heterocycles. The van der Waals surface area contributed by atoms with Crippen LogP contribution in [-0.2, 0) is 0 Å². The van der Waals surface area contributed by atoms with Gasteiger partial charge in [0, 0.05) is 38.3 Å². The highest BCUT2D eigenvalue weighted by atomic mass is 15.2. The van der Waals surface area contributed by atoms with Crippen LogP contribution >= 0.6 is 0 Å². The molecule has 2 unspecified atom stereocenters. The highest BCUT2D eigenvalue weighted by Gasteiger charge is 2.27. The van der Waals surface area contributed by atoms with E-state index in [2.05, 4.69) is 67.3 Å². The van der Waals surface area contributed by atoms with Crippen LogP contribution in [-0.4, -0.2) is 56.1 Å². The molecule has 0 aliphatic carbocycles. The van der Waals surface area contributed by atoms with Gasteiger partial charge in [-0.2, -0.15) is 0 Å². The van der Waals surface area contributed by atoms with E-state index in [4.69, 9.17) is 0 Å². The Hall–Kier alpha value is -0.900. The fraction of sp³-hybridized carbons (Fsp3) is 0.625. The smallest absolute Gasteiger partial charge is 0.0495 e. The molecule has 0 spiro atoms. The fourth-order valence-corrected chi connectivity index (χ4v) is 3.06. The van der Waals surface area contributed by atoms with Gasteiger partial charge >= 0.3 is 0 Å². The summed E-state index contributed by atoms with van der Waals surface area (Å²) in [6.07, 6.45) is 0. The molecule has 2 atom stereocenters. The summed E-state index contributed by atoms with van der Waals surface area (Å²) in [7, 11) is 4.37. The zero-order chi connectivity index (χ0) is 13.8. The van der Waals surface area contributed by atoms with E-state index in [1.165, 1.54) is 11.1 Å². The third kappa shape index (κ3) is 3.56. The van der Waals surface area contributed by atoms with Crippen molar-refractivity contribution in [2.24, 2.45) is 0 Å².